The molecule has 0 fully saturated rings. The Morgan fingerprint density at radius 3 is 2.80 bits per heavy atom. The monoisotopic (exact) mass is 345 g/mol. The largest absolute Gasteiger partial charge is 0.497 e. The van der Waals surface area contributed by atoms with Crippen molar-refractivity contribution in [3.63, 3.8) is 0 Å². The fourth-order valence-electron chi connectivity index (χ4n) is 2.54. The van der Waals surface area contributed by atoms with E-state index in [-0.39, 0.29) is 18.5 Å². The number of hydrogen-bond donors (Lipinski definition) is 1. The predicted molar refractivity (Wildman–Crippen MR) is 96.1 cm³/mol. The van der Waals surface area contributed by atoms with Crippen LogP contribution in [0.25, 0.3) is 11.4 Å². The Bertz CT molecular complexity index is 684. The van der Waals surface area contributed by atoms with Gasteiger partial charge in [-0.3, -0.25) is 4.79 Å². The number of carbonyl (C=O) groups excluding carboxylic acids is 1. The standard InChI is InChI=1S/C18H27N5O2/c1-13(2)7-5-8-14(3)19-17(24)12-23-21-18(20-22-23)15-9-6-10-16(11-15)25-4/h6,9-11,13-14H,5,7-8,12H2,1-4H3,(H,19,24)/t14-/m1/s1. The summed E-state index contributed by atoms with van der Waals surface area (Å²) in [5.74, 6) is 1.78. The van der Waals surface area contributed by atoms with E-state index in [0.717, 1.165) is 24.2 Å². The quantitative estimate of drug-likeness (QED) is 0.755. The van der Waals surface area contributed by atoms with E-state index in [1.54, 1.807) is 7.11 Å². The summed E-state index contributed by atoms with van der Waals surface area (Å²) in [5, 5.41) is 15.2. The third kappa shape index (κ3) is 6.17. The van der Waals surface area contributed by atoms with Crippen molar-refractivity contribution >= 4 is 5.91 Å². The topological polar surface area (TPSA) is 81.9 Å². The van der Waals surface area contributed by atoms with E-state index in [1.165, 1.54) is 11.2 Å². The first-order valence-corrected chi connectivity index (χ1v) is 8.69. The lowest BCUT2D eigenvalue weighted by atomic mass is 10.0. The maximum absolute atomic E-state index is 12.1. The fourth-order valence-corrected chi connectivity index (χ4v) is 2.54. The van der Waals surface area contributed by atoms with Crippen LogP contribution in [0.4, 0.5) is 0 Å². The molecule has 2 rings (SSSR count). The maximum Gasteiger partial charge on any atom is 0.243 e. The molecule has 0 saturated carbocycles. The Morgan fingerprint density at radius 1 is 1.28 bits per heavy atom. The van der Waals surface area contributed by atoms with E-state index >= 15 is 0 Å². The van der Waals surface area contributed by atoms with Gasteiger partial charge in [-0.15, -0.1) is 10.2 Å². The van der Waals surface area contributed by atoms with E-state index in [2.05, 4.69) is 34.6 Å². The molecular formula is C18H27N5O2. The molecule has 0 aliphatic heterocycles. The molecule has 1 amide bonds. The third-order valence-corrected chi connectivity index (χ3v) is 3.89. The minimum Gasteiger partial charge on any atom is -0.497 e. The average molecular weight is 345 g/mol. The third-order valence-electron chi connectivity index (χ3n) is 3.89. The second-order valence-corrected chi connectivity index (χ2v) is 6.67. The summed E-state index contributed by atoms with van der Waals surface area (Å²) in [4.78, 5) is 13.4. The number of hydrogen-bond acceptors (Lipinski definition) is 5. The molecular weight excluding hydrogens is 318 g/mol. The van der Waals surface area contributed by atoms with Gasteiger partial charge in [-0.2, -0.15) is 4.80 Å². The van der Waals surface area contributed by atoms with E-state index in [9.17, 15) is 4.79 Å². The number of rotatable bonds is 9. The van der Waals surface area contributed by atoms with Crippen molar-refractivity contribution in [2.24, 2.45) is 5.92 Å². The zero-order valence-corrected chi connectivity index (χ0v) is 15.4. The fraction of sp³-hybridized carbons (Fsp3) is 0.556. The first-order chi connectivity index (χ1) is 12.0. The minimum absolute atomic E-state index is 0.0610. The zero-order valence-electron chi connectivity index (χ0n) is 15.4. The highest BCUT2D eigenvalue weighted by molar-refractivity contribution is 5.75. The molecule has 1 aromatic heterocycles. The molecule has 0 bridgehead atoms. The molecule has 7 nitrogen and oxygen atoms in total. The number of nitrogens with one attached hydrogen (secondary N) is 1. The molecule has 2 aromatic rings. The first-order valence-electron chi connectivity index (χ1n) is 8.69. The number of nitrogens with zero attached hydrogens (tertiary/aromatic N) is 4. The van der Waals surface area contributed by atoms with Gasteiger partial charge in [0.15, 0.2) is 0 Å². The highest BCUT2D eigenvalue weighted by Gasteiger charge is 2.12. The lowest BCUT2D eigenvalue weighted by molar-refractivity contribution is -0.122. The molecule has 0 aliphatic carbocycles. The summed E-state index contributed by atoms with van der Waals surface area (Å²) in [6.07, 6.45) is 3.26. The van der Waals surface area contributed by atoms with Gasteiger partial charge in [0.05, 0.1) is 7.11 Å². The number of ether oxygens (including phenoxy) is 1. The normalized spacial score (nSPS) is 12.2. The van der Waals surface area contributed by atoms with Crippen molar-refractivity contribution in [1.29, 1.82) is 0 Å². The molecule has 0 aliphatic rings. The smallest absolute Gasteiger partial charge is 0.243 e. The van der Waals surface area contributed by atoms with E-state index in [0.29, 0.717) is 11.7 Å². The minimum atomic E-state index is -0.105. The van der Waals surface area contributed by atoms with Crippen LogP contribution in [0, 0.1) is 5.92 Å². The van der Waals surface area contributed by atoms with Crippen molar-refractivity contribution in [2.45, 2.75) is 52.6 Å². The van der Waals surface area contributed by atoms with E-state index in [4.69, 9.17) is 4.74 Å². The number of aromatic nitrogens is 4. The van der Waals surface area contributed by atoms with Crippen LogP contribution in [0.1, 0.15) is 40.0 Å². The molecule has 1 heterocycles. The number of tetrazole rings is 1. The van der Waals surface area contributed by atoms with Gasteiger partial charge in [0, 0.05) is 11.6 Å². The summed E-state index contributed by atoms with van der Waals surface area (Å²) >= 11 is 0. The van der Waals surface area contributed by atoms with Crippen molar-refractivity contribution < 1.29 is 9.53 Å². The van der Waals surface area contributed by atoms with Crippen LogP contribution in [0.5, 0.6) is 5.75 Å². The van der Waals surface area contributed by atoms with Crippen LogP contribution in [0.15, 0.2) is 24.3 Å². The van der Waals surface area contributed by atoms with Gasteiger partial charge in [-0.25, -0.2) is 0 Å². The second kappa shape index (κ2) is 9.15. The summed E-state index contributed by atoms with van der Waals surface area (Å²) in [7, 11) is 1.61. The molecule has 0 saturated heterocycles. The van der Waals surface area contributed by atoms with Crippen molar-refractivity contribution in [1.82, 2.24) is 25.5 Å². The van der Waals surface area contributed by atoms with E-state index in [1.807, 2.05) is 31.2 Å². The SMILES string of the molecule is COc1cccc(-c2nnn(CC(=O)N[C@H](C)CCCC(C)C)n2)c1. The molecule has 1 N–H and O–H groups in total. The van der Waals surface area contributed by atoms with Crippen LogP contribution in [-0.2, 0) is 11.3 Å². The molecule has 25 heavy (non-hydrogen) atoms. The van der Waals surface area contributed by atoms with Crippen molar-refractivity contribution in [3.8, 4) is 17.1 Å². The molecule has 0 spiro atoms. The molecule has 0 unspecified atom stereocenters. The molecule has 1 aromatic carbocycles. The van der Waals surface area contributed by atoms with Gasteiger partial charge in [-0.05, 0) is 36.6 Å². The molecule has 1 atom stereocenters. The van der Waals surface area contributed by atoms with E-state index < -0.39 is 0 Å². The number of amides is 1. The van der Waals surface area contributed by atoms with Gasteiger partial charge in [0.25, 0.3) is 0 Å². The molecule has 0 radical (unpaired) electrons. The van der Waals surface area contributed by atoms with Gasteiger partial charge in [-0.1, -0.05) is 38.8 Å². The summed E-state index contributed by atoms with van der Waals surface area (Å²) < 4.78 is 5.19. The molecule has 7 heteroatoms. The Hall–Kier alpha value is -2.44. The number of methoxy groups -OCH3 is 1. The molecule has 136 valence electrons. The summed E-state index contributed by atoms with van der Waals surface area (Å²) in [6.45, 7) is 6.50. The number of carbonyl (C=O) groups is 1. The van der Waals surface area contributed by atoms with Gasteiger partial charge < -0.3 is 10.1 Å². The highest BCUT2D eigenvalue weighted by atomic mass is 16.5. The van der Waals surface area contributed by atoms with Gasteiger partial charge in [0.1, 0.15) is 12.3 Å². The second-order valence-electron chi connectivity index (χ2n) is 6.67. The lowest BCUT2D eigenvalue weighted by Gasteiger charge is -2.14. The zero-order chi connectivity index (χ0) is 18.2. The Labute approximate surface area is 148 Å². The predicted octanol–water partition coefficient (Wildman–Crippen LogP) is 2.68. The van der Waals surface area contributed by atoms with Gasteiger partial charge in [0.2, 0.25) is 11.7 Å². The van der Waals surface area contributed by atoms with Crippen molar-refractivity contribution in [3.05, 3.63) is 24.3 Å². The van der Waals surface area contributed by atoms with Gasteiger partial charge >= 0.3 is 0 Å². The average Bonchev–Trinajstić information content (AvgIpc) is 3.02. The highest BCUT2D eigenvalue weighted by Crippen LogP contribution is 2.19. The lowest BCUT2D eigenvalue weighted by Crippen LogP contribution is -2.35. The number of benzene rings is 1. The van der Waals surface area contributed by atoms with Crippen LogP contribution < -0.4 is 10.1 Å². The van der Waals surface area contributed by atoms with Crippen LogP contribution in [0.3, 0.4) is 0 Å². The first kappa shape index (κ1) is 18.9. The summed E-state index contributed by atoms with van der Waals surface area (Å²) in [5.41, 5.74) is 0.799. The maximum atomic E-state index is 12.1. The van der Waals surface area contributed by atoms with Crippen LogP contribution in [-0.4, -0.2) is 39.3 Å². The van der Waals surface area contributed by atoms with Crippen molar-refractivity contribution in [2.75, 3.05) is 7.11 Å². The Kier molecular flexibility index (Phi) is 6.91. The Morgan fingerprint density at radius 2 is 2.08 bits per heavy atom. The van der Waals surface area contributed by atoms with Crippen LogP contribution >= 0.6 is 0 Å². The van der Waals surface area contributed by atoms with Crippen LogP contribution in [0.2, 0.25) is 0 Å². The summed E-state index contributed by atoms with van der Waals surface area (Å²) in [6, 6.07) is 7.56. The Balaban J connectivity index is 1.86.